The number of aliphatic hydroxyl groups excluding tert-OH is 1. The fraction of sp³-hybridized carbons (Fsp3) is 0.706. The molecule has 2 N–H and O–H groups in total. The van der Waals surface area contributed by atoms with E-state index < -0.39 is 11.7 Å². The van der Waals surface area contributed by atoms with Crippen LogP contribution in [-0.4, -0.2) is 46.9 Å². The maximum absolute atomic E-state index is 12.3. The summed E-state index contributed by atoms with van der Waals surface area (Å²) in [5, 5.41) is 17.1. The van der Waals surface area contributed by atoms with Crippen molar-refractivity contribution in [1.82, 2.24) is 10.2 Å². The second-order valence-corrected chi connectivity index (χ2v) is 8.36. The Morgan fingerprint density at radius 3 is 2.48 bits per heavy atom. The molecule has 0 aliphatic rings. The van der Waals surface area contributed by atoms with E-state index in [-0.39, 0.29) is 11.6 Å². The Morgan fingerprint density at radius 1 is 1.35 bits per heavy atom. The van der Waals surface area contributed by atoms with Gasteiger partial charge in [0.2, 0.25) is 0 Å². The molecule has 0 radical (unpaired) electrons. The van der Waals surface area contributed by atoms with E-state index in [2.05, 4.69) is 5.32 Å². The molecule has 1 heterocycles. The summed E-state index contributed by atoms with van der Waals surface area (Å²) in [6, 6.07) is 1.92. The number of hydrogen-bond acceptors (Lipinski definition) is 5. The lowest BCUT2D eigenvalue weighted by Gasteiger charge is -2.37. The monoisotopic (exact) mass is 342 g/mol. The minimum atomic E-state index is -0.522. The van der Waals surface area contributed by atoms with Gasteiger partial charge in [0.1, 0.15) is 5.60 Å². The first kappa shape index (κ1) is 19.9. The quantitative estimate of drug-likeness (QED) is 0.778. The van der Waals surface area contributed by atoms with Gasteiger partial charge in [0.15, 0.2) is 0 Å². The second kappa shape index (κ2) is 8.13. The van der Waals surface area contributed by atoms with Crippen LogP contribution in [0.3, 0.4) is 0 Å². The molecule has 0 bridgehead atoms. The summed E-state index contributed by atoms with van der Waals surface area (Å²) < 4.78 is 5.47. The molecule has 0 fully saturated rings. The number of carbonyl (C=O) groups is 1. The van der Waals surface area contributed by atoms with E-state index >= 15 is 0 Å². The molecule has 1 rings (SSSR count). The molecule has 132 valence electrons. The molecule has 6 heteroatoms. The fourth-order valence-electron chi connectivity index (χ4n) is 2.03. The van der Waals surface area contributed by atoms with Crippen LogP contribution in [-0.2, 0) is 4.74 Å². The van der Waals surface area contributed by atoms with Gasteiger partial charge in [-0.3, -0.25) is 0 Å². The van der Waals surface area contributed by atoms with E-state index in [1.54, 1.807) is 16.2 Å². The van der Waals surface area contributed by atoms with Gasteiger partial charge in [-0.25, -0.2) is 4.79 Å². The first-order valence-electron chi connectivity index (χ1n) is 7.92. The van der Waals surface area contributed by atoms with E-state index in [0.717, 1.165) is 5.56 Å². The van der Waals surface area contributed by atoms with Gasteiger partial charge >= 0.3 is 6.09 Å². The van der Waals surface area contributed by atoms with Crippen LogP contribution in [0.5, 0.6) is 0 Å². The standard InChI is InChI=1S/C17H30N2O3S/c1-16(2,3)19(15(21)22-17(4,5)6)9-8-18-11-14(20)13-7-10-23-12-13/h7,10,12,14,18,20H,8-9,11H2,1-6H3. The topological polar surface area (TPSA) is 61.8 Å². The van der Waals surface area contributed by atoms with Crippen molar-refractivity contribution >= 4 is 17.4 Å². The number of nitrogens with one attached hydrogen (secondary N) is 1. The predicted octanol–water partition coefficient (Wildman–Crippen LogP) is 3.41. The number of hydrogen-bond donors (Lipinski definition) is 2. The first-order valence-corrected chi connectivity index (χ1v) is 8.86. The first-order chi connectivity index (χ1) is 10.5. The summed E-state index contributed by atoms with van der Waals surface area (Å²) in [5.74, 6) is 0. The Morgan fingerprint density at radius 2 is 2.00 bits per heavy atom. The summed E-state index contributed by atoms with van der Waals surface area (Å²) in [6.07, 6.45) is -0.837. The molecule has 1 amide bonds. The van der Waals surface area contributed by atoms with Crippen LogP contribution in [0.25, 0.3) is 0 Å². The molecule has 1 atom stereocenters. The molecular formula is C17H30N2O3S. The molecule has 0 saturated heterocycles. The van der Waals surface area contributed by atoms with Gasteiger partial charge in [0, 0.05) is 25.2 Å². The molecule has 1 aromatic heterocycles. The van der Waals surface area contributed by atoms with Gasteiger partial charge in [-0.1, -0.05) is 0 Å². The average molecular weight is 343 g/mol. The van der Waals surface area contributed by atoms with Crippen LogP contribution < -0.4 is 5.32 Å². The highest BCUT2D eigenvalue weighted by Gasteiger charge is 2.30. The van der Waals surface area contributed by atoms with E-state index in [0.29, 0.717) is 19.6 Å². The number of thiophene rings is 1. The van der Waals surface area contributed by atoms with Crippen LogP contribution in [0.15, 0.2) is 16.8 Å². The van der Waals surface area contributed by atoms with Crippen LogP contribution in [0.2, 0.25) is 0 Å². The minimum absolute atomic E-state index is 0.315. The number of carbonyl (C=O) groups excluding carboxylic acids is 1. The highest BCUT2D eigenvalue weighted by atomic mass is 32.1. The van der Waals surface area contributed by atoms with Gasteiger partial charge in [-0.2, -0.15) is 11.3 Å². The summed E-state index contributed by atoms with van der Waals surface area (Å²) >= 11 is 1.57. The molecular weight excluding hydrogens is 312 g/mol. The molecule has 5 nitrogen and oxygen atoms in total. The number of rotatable bonds is 6. The summed E-state index contributed by atoms with van der Waals surface area (Å²) in [7, 11) is 0. The van der Waals surface area contributed by atoms with E-state index in [4.69, 9.17) is 4.74 Å². The van der Waals surface area contributed by atoms with Crippen molar-refractivity contribution in [1.29, 1.82) is 0 Å². The van der Waals surface area contributed by atoms with Gasteiger partial charge < -0.3 is 20.1 Å². The Kier molecular flexibility index (Phi) is 7.04. The zero-order valence-electron chi connectivity index (χ0n) is 15.0. The third-order valence-electron chi connectivity index (χ3n) is 3.20. The summed E-state index contributed by atoms with van der Waals surface area (Å²) in [6.45, 7) is 13.1. The maximum atomic E-state index is 12.3. The number of ether oxygens (including phenoxy) is 1. The van der Waals surface area contributed by atoms with Crippen LogP contribution >= 0.6 is 11.3 Å². The lowest BCUT2D eigenvalue weighted by Crippen LogP contribution is -2.50. The molecule has 23 heavy (non-hydrogen) atoms. The van der Waals surface area contributed by atoms with E-state index in [1.807, 2.05) is 58.4 Å². The fourth-order valence-corrected chi connectivity index (χ4v) is 2.74. The molecule has 0 saturated carbocycles. The SMILES string of the molecule is CC(C)(C)OC(=O)N(CCNCC(O)c1ccsc1)C(C)(C)C. The zero-order chi connectivity index (χ0) is 17.7. The summed E-state index contributed by atoms with van der Waals surface area (Å²) in [4.78, 5) is 14.1. The molecule has 0 aromatic carbocycles. The molecule has 0 aliphatic heterocycles. The van der Waals surface area contributed by atoms with Crippen molar-refractivity contribution in [3.8, 4) is 0 Å². The van der Waals surface area contributed by atoms with Crippen molar-refractivity contribution in [3.63, 3.8) is 0 Å². The normalized spacial score (nSPS) is 13.7. The molecule has 1 unspecified atom stereocenters. The van der Waals surface area contributed by atoms with Crippen LogP contribution in [0.1, 0.15) is 53.2 Å². The van der Waals surface area contributed by atoms with Gasteiger partial charge in [-0.05, 0) is 63.9 Å². The van der Waals surface area contributed by atoms with Crippen molar-refractivity contribution in [2.75, 3.05) is 19.6 Å². The molecule has 1 aromatic rings. The zero-order valence-corrected chi connectivity index (χ0v) is 15.9. The number of amides is 1. The van der Waals surface area contributed by atoms with Gasteiger partial charge in [-0.15, -0.1) is 0 Å². The highest BCUT2D eigenvalue weighted by Crippen LogP contribution is 2.18. The van der Waals surface area contributed by atoms with Crippen molar-refractivity contribution in [3.05, 3.63) is 22.4 Å². The minimum Gasteiger partial charge on any atom is -0.444 e. The Balaban J connectivity index is 2.47. The summed E-state index contributed by atoms with van der Waals surface area (Å²) in [5.41, 5.74) is 0.0846. The second-order valence-electron chi connectivity index (χ2n) is 7.58. The van der Waals surface area contributed by atoms with Crippen LogP contribution in [0.4, 0.5) is 4.79 Å². The van der Waals surface area contributed by atoms with Gasteiger partial charge in [0.25, 0.3) is 0 Å². The maximum Gasteiger partial charge on any atom is 0.410 e. The van der Waals surface area contributed by atoms with Crippen molar-refractivity contribution < 1.29 is 14.6 Å². The molecule has 0 spiro atoms. The lowest BCUT2D eigenvalue weighted by molar-refractivity contribution is 0.00650. The smallest absolute Gasteiger partial charge is 0.410 e. The van der Waals surface area contributed by atoms with E-state index in [1.165, 1.54) is 0 Å². The average Bonchev–Trinajstić information content (AvgIpc) is 2.87. The highest BCUT2D eigenvalue weighted by molar-refractivity contribution is 7.07. The van der Waals surface area contributed by atoms with Crippen LogP contribution in [0, 0.1) is 0 Å². The third kappa shape index (κ3) is 7.33. The Hall–Kier alpha value is -1.11. The van der Waals surface area contributed by atoms with E-state index in [9.17, 15) is 9.90 Å². The predicted molar refractivity (Wildman–Crippen MR) is 94.8 cm³/mol. The number of nitrogens with zero attached hydrogens (tertiary/aromatic N) is 1. The largest absolute Gasteiger partial charge is 0.444 e. The molecule has 0 aliphatic carbocycles. The van der Waals surface area contributed by atoms with Crippen molar-refractivity contribution in [2.24, 2.45) is 0 Å². The van der Waals surface area contributed by atoms with Crippen molar-refractivity contribution in [2.45, 2.75) is 58.8 Å². The number of aliphatic hydroxyl groups is 1. The Labute approximate surface area is 143 Å². The Bertz CT molecular complexity index is 475. The lowest BCUT2D eigenvalue weighted by atomic mass is 10.1. The van der Waals surface area contributed by atoms with Gasteiger partial charge in [0.05, 0.1) is 6.10 Å². The third-order valence-corrected chi connectivity index (χ3v) is 3.90.